The van der Waals surface area contributed by atoms with Gasteiger partial charge in [0.25, 0.3) is 0 Å². The maximum Gasteiger partial charge on any atom is 0.198 e. The highest BCUT2D eigenvalue weighted by Crippen LogP contribution is 2.29. The summed E-state index contributed by atoms with van der Waals surface area (Å²) in [5.41, 5.74) is 0.169. The normalized spacial score (nSPS) is 11.3. The molecule has 0 aliphatic rings. The van der Waals surface area contributed by atoms with E-state index in [9.17, 15) is 0 Å². The zero-order valence-electron chi connectivity index (χ0n) is 9.47. The summed E-state index contributed by atoms with van der Waals surface area (Å²) in [6.45, 7) is 7.19. The number of aromatic nitrogens is 2. The number of nitrogens with one attached hydrogen (secondary N) is 1. The van der Waals surface area contributed by atoms with Crippen LogP contribution < -0.4 is 10.1 Å². The first kappa shape index (κ1) is 12.0. The van der Waals surface area contributed by atoms with Crippen LogP contribution in [0.5, 0.6) is 5.75 Å². The molecule has 0 spiro atoms. The maximum absolute atomic E-state index is 5.86. The molecule has 84 valence electrons. The molecule has 1 aromatic heterocycles. The molecule has 5 heteroatoms. The van der Waals surface area contributed by atoms with Crippen LogP contribution in [0.3, 0.4) is 0 Å². The zero-order chi connectivity index (χ0) is 11.5. The van der Waals surface area contributed by atoms with Crippen molar-refractivity contribution in [1.82, 2.24) is 9.97 Å². The topological polar surface area (TPSA) is 47.0 Å². The van der Waals surface area contributed by atoms with Gasteiger partial charge in [0.05, 0.1) is 7.11 Å². The number of hydrogen-bond donors (Lipinski definition) is 1. The first-order valence-corrected chi connectivity index (χ1v) is 5.10. The summed E-state index contributed by atoms with van der Waals surface area (Å²) in [6, 6.07) is 0. The Morgan fingerprint density at radius 1 is 1.40 bits per heavy atom. The fourth-order valence-electron chi connectivity index (χ4n) is 1.01. The van der Waals surface area contributed by atoms with Crippen LogP contribution in [0.2, 0.25) is 5.15 Å². The van der Waals surface area contributed by atoms with Crippen LogP contribution >= 0.6 is 11.6 Å². The molecule has 1 N–H and O–H groups in total. The maximum atomic E-state index is 5.86. The van der Waals surface area contributed by atoms with Crippen LogP contribution in [0.1, 0.15) is 20.8 Å². The first-order chi connectivity index (χ1) is 6.94. The molecule has 0 amide bonds. The molecule has 1 rings (SSSR count). The van der Waals surface area contributed by atoms with E-state index >= 15 is 0 Å². The molecule has 0 atom stereocenters. The predicted octanol–water partition coefficient (Wildman–Crippen LogP) is 2.60. The van der Waals surface area contributed by atoms with Crippen LogP contribution in [0.15, 0.2) is 6.33 Å². The van der Waals surface area contributed by atoms with Crippen molar-refractivity contribution in [3.63, 3.8) is 0 Å². The molecule has 0 radical (unpaired) electrons. The minimum Gasteiger partial charge on any atom is -0.490 e. The van der Waals surface area contributed by atoms with Gasteiger partial charge in [-0.25, -0.2) is 9.97 Å². The molecule has 0 aliphatic heterocycles. The lowest BCUT2D eigenvalue weighted by Crippen LogP contribution is -2.20. The number of methoxy groups -OCH3 is 1. The molecule has 0 fully saturated rings. The Morgan fingerprint density at radius 3 is 2.60 bits per heavy atom. The molecule has 1 aromatic rings. The zero-order valence-corrected chi connectivity index (χ0v) is 10.2. The molecular formula is C10H16ClN3O. The average molecular weight is 230 g/mol. The number of nitrogens with zero attached hydrogens (tertiary/aromatic N) is 2. The average Bonchev–Trinajstić information content (AvgIpc) is 2.13. The second-order valence-electron chi connectivity index (χ2n) is 4.46. The third kappa shape index (κ3) is 3.55. The second-order valence-corrected chi connectivity index (χ2v) is 4.82. The van der Waals surface area contributed by atoms with Gasteiger partial charge in [-0.15, -0.1) is 0 Å². The van der Waals surface area contributed by atoms with Crippen LogP contribution in [0.4, 0.5) is 5.82 Å². The third-order valence-corrected chi connectivity index (χ3v) is 2.02. The van der Waals surface area contributed by atoms with E-state index in [4.69, 9.17) is 16.3 Å². The van der Waals surface area contributed by atoms with E-state index in [0.29, 0.717) is 16.7 Å². The molecular weight excluding hydrogens is 214 g/mol. The summed E-state index contributed by atoms with van der Waals surface area (Å²) in [5.74, 6) is 1.12. The molecule has 0 aromatic carbocycles. The SMILES string of the molecule is COc1c(Cl)ncnc1NCC(C)(C)C. The number of hydrogen-bond acceptors (Lipinski definition) is 4. The monoisotopic (exact) mass is 229 g/mol. The quantitative estimate of drug-likeness (QED) is 0.810. The molecule has 15 heavy (non-hydrogen) atoms. The van der Waals surface area contributed by atoms with Gasteiger partial charge >= 0.3 is 0 Å². The Kier molecular flexibility index (Phi) is 3.74. The Hall–Kier alpha value is -1.03. The lowest BCUT2D eigenvalue weighted by atomic mass is 9.97. The lowest BCUT2D eigenvalue weighted by molar-refractivity contribution is 0.409. The van der Waals surface area contributed by atoms with Gasteiger partial charge < -0.3 is 10.1 Å². The van der Waals surface area contributed by atoms with E-state index in [1.165, 1.54) is 6.33 Å². The summed E-state index contributed by atoms with van der Waals surface area (Å²) in [4.78, 5) is 7.93. The summed E-state index contributed by atoms with van der Waals surface area (Å²) in [7, 11) is 1.55. The van der Waals surface area contributed by atoms with Crippen molar-refractivity contribution < 1.29 is 4.74 Å². The lowest BCUT2D eigenvalue weighted by Gasteiger charge is -2.20. The number of rotatable bonds is 3. The van der Waals surface area contributed by atoms with Crippen molar-refractivity contribution in [2.75, 3.05) is 19.0 Å². The Morgan fingerprint density at radius 2 is 2.07 bits per heavy atom. The molecule has 0 saturated heterocycles. The third-order valence-electron chi connectivity index (χ3n) is 1.75. The van der Waals surface area contributed by atoms with Crippen LogP contribution in [0, 0.1) is 5.41 Å². The van der Waals surface area contributed by atoms with Gasteiger partial charge in [-0.2, -0.15) is 0 Å². The smallest absolute Gasteiger partial charge is 0.198 e. The molecule has 0 unspecified atom stereocenters. The van der Waals surface area contributed by atoms with Crippen molar-refractivity contribution in [3.05, 3.63) is 11.5 Å². The molecule has 1 heterocycles. The summed E-state index contributed by atoms with van der Waals surface area (Å²) < 4.78 is 5.12. The van der Waals surface area contributed by atoms with Gasteiger partial charge in [-0.3, -0.25) is 0 Å². The fraction of sp³-hybridized carbons (Fsp3) is 0.600. The summed E-state index contributed by atoms with van der Waals surface area (Å²) in [5, 5.41) is 3.51. The van der Waals surface area contributed by atoms with Crippen LogP contribution in [0.25, 0.3) is 0 Å². The van der Waals surface area contributed by atoms with Crippen LogP contribution in [-0.2, 0) is 0 Å². The first-order valence-electron chi connectivity index (χ1n) is 4.72. The Bertz CT molecular complexity index is 336. The predicted molar refractivity (Wildman–Crippen MR) is 61.5 cm³/mol. The minimum atomic E-state index is 0.169. The number of halogens is 1. The van der Waals surface area contributed by atoms with E-state index in [1.54, 1.807) is 7.11 Å². The minimum absolute atomic E-state index is 0.169. The molecule has 4 nitrogen and oxygen atoms in total. The number of ether oxygens (including phenoxy) is 1. The largest absolute Gasteiger partial charge is 0.490 e. The fourth-order valence-corrected chi connectivity index (χ4v) is 1.22. The Balaban J connectivity index is 2.81. The van der Waals surface area contributed by atoms with E-state index in [1.807, 2.05) is 0 Å². The van der Waals surface area contributed by atoms with Gasteiger partial charge in [0.1, 0.15) is 6.33 Å². The van der Waals surface area contributed by atoms with Crippen molar-refractivity contribution >= 4 is 17.4 Å². The standard InChI is InChI=1S/C10H16ClN3O/c1-10(2,3)5-12-9-7(15-4)8(11)13-6-14-9/h6H,5H2,1-4H3,(H,12,13,14). The highest BCUT2D eigenvalue weighted by Gasteiger charge is 2.14. The summed E-state index contributed by atoms with van der Waals surface area (Å²) in [6.07, 6.45) is 1.41. The van der Waals surface area contributed by atoms with E-state index in [0.717, 1.165) is 6.54 Å². The highest BCUT2D eigenvalue weighted by atomic mass is 35.5. The number of anilines is 1. The summed E-state index contributed by atoms with van der Waals surface area (Å²) >= 11 is 5.86. The van der Waals surface area contributed by atoms with E-state index in [-0.39, 0.29) is 5.41 Å². The second kappa shape index (κ2) is 4.66. The van der Waals surface area contributed by atoms with Crippen LogP contribution in [-0.4, -0.2) is 23.6 Å². The van der Waals surface area contributed by atoms with Crippen molar-refractivity contribution in [2.45, 2.75) is 20.8 Å². The van der Waals surface area contributed by atoms with E-state index in [2.05, 4.69) is 36.1 Å². The van der Waals surface area contributed by atoms with Gasteiger partial charge in [0.15, 0.2) is 16.7 Å². The molecule has 0 bridgehead atoms. The van der Waals surface area contributed by atoms with Gasteiger partial charge in [-0.1, -0.05) is 32.4 Å². The van der Waals surface area contributed by atoms with Gasteiger partial charge in [0.2, 0.25) is 0 Å². The molecule has 0 saturated carbocycles. The molecule has 0 aliphatic carbocycles. The van der Waals surface area contributed by atoms with E-state index < -0.39 is 0 Å². The van der Waals surface area contributed by atoms with Gasteiger partial charge in [-0.05, 0) is 5.41 Å². The van der Waals surface area contributed by atoms with Gasteiger partial charge in [0, 0.05) is 6.54 Å². The highest BCUT2D eigenvalue weighted by molar-refractivity contribution is 6.31. The van der Waals surface area contributed by atoms with Crippen molar-refractivity contribution in [3.8, 4) is 5.75 Å². The Labute approximate surface area is 95.0 Å². The van der Waals surface area contributed by atoms with Crippen molar-refractivity contribution in [2.24, 2.45) is 5.41 Å². The van der Waals surface area contributed by atoms with Crippen molar-refractivity contribution in [1.29, 1.82) is 0 Å².